The number of amides is 1. The van der Waals surface area contributed by atoms with E-state index in [1.54, 1.807) is 0 Å². The Morgan fingerprint density at radius 1 is 1.36 bits per heavy atom. The number of hydrogen-bond donors (Lipinski definition) is 3. The van der Waals surface area contributed by atoms with E-state index in [0.717, 1.165) is 17.8 Å². The molecule has 0 bridgehead atoms. The summed E-state index contributed by atoms with van der Waals surface area (Å²) in [5.74, 6) is -1.12. The van der Waals surface area contributed by atoms with Crippen LogP contribution in [0.25, 0.3) is 0 Å². The predicted octanol–water partition coefficient (Wildman–Crippen LogP) is 1.77. The maximum Gasteiger partial charge on any atom is 0.306 e. The molecule has 22 heavy (non-hydrogen) atoms. The minimum atomic E-state index is -0.751. The number of aromatic amines is 1. The van der Waals surface area contributed by atoms with Gasteiger partial charge in [-0.15, -0.1) is 0 Å². The molecule has 2 fully saturated rings. The van der Waals surface area contributed by atoms with Crippen molar-refractivity contribution >= 4 is 11.9 Å². The average Bonchev–Trinajstić information content (AvgIpc) is 2.75. The summed E-state index contributed by atoms with van der Waals surface area (Å²) in [6.07, 6.45) is 2.58. The first-order chi connectivity index (χ1) is 10.4. The number of carboxylic acids is 1. The van der Waals surface area contributed by atoms with Crippen LogP contribution in [-0.4, -0.2) is 40.2 Å². The lowest BCUT2D eigenvalue weighted by atomic mass is 9.66. The summed E-state index contributed by atoms with van der Waals surface area (Å²) < 4.78 is 5.81. The van der Waals surface area contributed by atoms with Gasteiger partial charge in [0.2, 0.25) is 0 Å². The second-order valence-electron chi connectivity index (χ2n) is 6.63. The van der Waals surface area contributed by atoms with E-state index in [2.05, 4.69) is 10.3 Å². The highest BCUT2D eigenvalue weighted by atomic mass is 16.5. The largest absolute Gasteiger partial charge is 0.481 e. The fraction of sp³-hybridized carbons (Fsp3) is 0.625. The van der Waals surface area contributed by atoms with E-state index in [1.165, 1.54) is 0 Å². The predicted molar refractivity (Wildman–Crippen MR) is 79.8 cm³/mol. The van der Waals surface area contributed by atoms with E-state index in [4.69, 9.17) is 9.84 Å². The van der Waals surface area contributed by atoms with Crippen LogP contribution in [0.4, 0.5) is 0 Å². The molecule has 1 amide bonds. The van der Waals surface area contributed by atoms with Gasteiger partial charge >= 0.3 is 5.97 Å². The van der Waals surface area contributed by atoms with Crippen molar-refractivity contribution in [1.29, 1.82) is 0 Å². The number of aromatic nitrogens is 1. The monoisotopic (exact) mass is 306 g/mol. The van der Waals surface area contributed by atoms with Gasteiger partial charge in [-0.05, 0) is 45.6 Å². The molecule has 1 aliphatic heterocycles. The van der Waals surface area contributed by atoms with Gasteiger partial charge < -0.3 is 20.1 Å². The summed E-state index contributed by atoms with van der Waals surface area (Å²) in [7, 11) is 0. The molecule has 1 aromatic rings. The summed E-state index contributed by atoms with van der Waals surface area (Å²) in [6, 6.07) is 1.90. The van der Waals surface area contributed by atoms with Crippen molar-refractivity contribution < 1.29 is 19.4 Å². The average molecular weight is 306 g/mol. The topological polar surface area (TPSA) is 91.4 Å². The zero-order valence-electron chi connectivity index (χ0n) is 12.9. The Labute approximate surface area is 129 Å². The Hall–Kier alpha value is -1.82. The SMILES string of the molecule is Cc1cc(C(=O)NC2CCOC3(C2)CC(C(=O)O)C3)c(C)[nH]1. The van der Waals surface area contributed by atoms with Crippen LogP contribution in [-0.2, 0) is 9.53 Å². The summed E-state index contributed by atoms with van der Waals surface area (Å²) in [6.45, 7) is 4.38. The molecule has 1 spiro atoms. The lowest BCUT2D eigenvalue weighted by Crippen LogP contribution is -2.56. The first kappa shape index (κ1) is 15.1. The highest BCUT2D eigenvalue weighted by Crippen LogP contribution is 2.46. The molecule has 0 radical (unpaired) electrons. The molecule has 1 aromatic heterocycles. The van der Waals surface area contributed by atoms with Crippen molar-refractivity contribution in [3.8, 4) is 0 Å². The van der Waals surface area contributed by atoms with Crippen molar-refractivity contribution in [1.82, 2.24) is 10.3 Å². The first-order valence-corrected chi connectivity index (χ1v) is 7.72. The van der Waals surface area contributed by atoms with Gasteiger partial charge in [0.25, 0.3) is 5.91 Å². The number of H-pyrrole nitrogens is 1. The molecule has 1 unspecified atom stereocenters. The van der Waals surface area contributed by atoms with Crippen LogP contribution in [0, 0.1) is 19.8 Å². The number of carbonyl (C=O) groups is 2. The van der Waals surface area contributed by atoms with Gasteiger partial charge in [-0.2, -0.15) is 0 Å². The lowest BCUT2D eigenvalue weighted by molar-refractivity contribution is -0.181. The van der Waals surface area contributed by atoms with Crippen molar-refractivity contribution in [2.45, 2.75) is 51.2 Å². The zero-order valence-corrected chi connectivity index (χ0v) is 12.9. The maximum atomic E-state index is 12.4. The third-order valence-electron chi connectivity index (χ3n) is 4.81. The molecule has 3 rings (SSSR count). The van der Waals surface area contributed by atoms with Gasteiger partial charge in [0.15, 0.2) is 0 Å². The van der Waals surface area contributed by atoms with Crippen molar-refractivity contribution in [2.24, 2.45) is 5.92 Å². The van der Waals surface area contributed by atoms with Crippen molar-refractivity contribution in [3.63, 3.8) is 0 Å². The van der Waals surface area contributed by atoms with Crippen LogP contribution in [0.2, 0.25) is 0 Å². The number of nitrogens with one attached hydrogen (secondary N) is 2. The van der Waals surface area contributed by atoms with Crippen LogP contribution in [0.1, 0.15) is 47.4 Å². The van der Waals surface area contributed by atoms with Crippen molar-refractivity contribution in [2.75, 3.05) is 6.61 Å². The fourth-order valence-electron chi connectivity index (χ4n) is 3.67. The van der Waals surface area contributed by atoms with Gasteiger partial charge in [0.05, 0.1) is 17.1 Å². The number of ether oxygens (including phenoxy) is 1. The minimum Gasteiger partial charge on any atom is -0.481 e. The number of hydrogen-bond acceptors (Lipinski definition) is 3. The quantitative estimate of drug-likeness (QED) is 0.793. The van der Waals surface area contributed by atoms with Gasteiger partial charge in [0, 0.05) is 24.0 Å². The standard InChI is InChI=1S/C16H22N2O4/c1-9-5-13(10(2)17-9)14(19)18-12-3-4-22-16(8-12)6-11(7-16)15(20)21/h5,11-12,17H,3-4,6-8H2,1-2H3,(H,18,19)(H,20,21). The molecule has 1 aliphatic carbocycles. The normalized spacial score (nSPS) is 30.8. The van der Waals surface area contributed by atoms with Gasteiger partial charge in [-0.3, -0.25) is 9.59 Å². The first-order valence-electron chi connectivity index (χ1n) is 7.72. The van der Waals surface area contributed by atoms with E-state index in [9.17, 15) is 9.59 Å². The Morgan fingerprint density at radius 3 is 2.68 bits per heavy atom. The van der Waals surface area contributed by atoms with E-state index in [-0.39, 0.29) is 23.5 Å². The minimum absolute atomic E-state index is 0.0469. The molecule has 0 aromatic carbocycles. The van der Waals surface area contributed by atoms with Gasteiger partial charge in [-0.1, -0.05) is 0 Å². The second-order valence-corrected chi connectivity index (χ2v) is 6.63. The summed E-state index contributed by atoms with van der Waals surface area (Å²) >= 11 is 0. The summed E-state index contributed by atoms with van der Waals surface area (Å²) in [5.41, 5.74) is 2.17. The van der Waals surface area contributed by atoms with Gasteiger partial charge in [0.1, 0.15) is 0 Å². The second kappa shape index (κ2) is 5.43. The van der Waals surface area contributed by atoms with E-state index in [1.807, 2.05) is 19.9 Å². The molecule has 6 nitrogen and oxygen atoms in total. The Kier molecular flexibility index (Phi) is 3.72. The Bertz CT molecular complexity index is 601. The Morgan fingerprint density at radius 2 is 2.09 bits per heavy atom. The number of carboxylic acid groups (broad SMARTS) is 1. The summed E-state index contributed by atoms with van der Waals surface area (Å²) in [5, 5.41) is 12.1. The number of carbonyl (C=O) groups excluding carboxylic acids is 1. The third kappa shape index (κ3) is 2.75. The van der Waals surface area contributed by atoms with Crippen LogP contribution in [0.15, 0.2) is 6.07 Å². The van der Waals surface area contributed by atoms with E-state index >= 15 is 0 Å². The number of aliphatic carboxylic acids is 1. The molecule has 3 N–H and O–H groups in total. The van der Waals surface area contributed by atoms with E-state index in [0.29, 0.717) is 31.4 Å². The van der Waals surface area contributed by atoms with Crippen LogP contribution >= 0.6 is 0 Å². The van der Waals surface area contributed by atoms with Crippen LogP contribution in [0.3, 0.4) is 0 Å². The summed E-state index contributed by atoms with van der Waals surface area (Å²) in [4.78, 5) is 26.5. The lowest BCUT2D eigenvalue weighted by Gasteiger charge is -2.50. The van der Waals surface area contributed by atoms with E-state index < -0.39 is 5.97 Å². The highest BCUT2D eigenvalue weighted by molar-refractivity contribution is 5.95. The molecule has 1 saturated carbocycles. The third-order valence-corrected chi connectivity index (χ3v) is 4.81. The zero-order chi connectivity index (χ0) is 15.9. The smallest absolute Gasteiger partial charge is 0.306 e. The van der Waals surface area contributed by atoms with Crippen molar-refractivity contribution in [3.05, 3.63) is 23.0 Å². The molecular formula is C16H22N2O4. The molecule has 120 valence electrons. The molecule has 1 atom stereocenters. The van der Waals surface area contributed by atoms with Crippen LogP contribution < -0.4 is 5.32 Å². The number of rotatable bonds is 3. The molecule has 1 saturated heterocycles. The highest BCUT2D eigenvalue weighted by Gasteiger charge is 2.51. The van der Waals surface area contributed by atoms with Crippen LogP contribution in [0.5, 0.6) is 0 Å². The number of aryl methyl sites for hydroxylation is 2. The molecule has 2 heterocycles. The fourth-order valence-corrected chi connectivity index (χ4v) is 3.67. The maximum absolute atomic E-state index is 12.4. The molecule has 2 aliphatic rings. The molecular weight excluding hydrogens is 284 g/mol. The molecule has 6 heteroatoms. The Balaban J connectivity index is 1.60. The van der Waals surface area contributed by atoms with Gasteiger partial charge in [-0.25, -0.2) is 0 Å².